The van der Waals surface area contributed by atoms with E-state index in [0.717, 1.165) is 135 Å². The van der Waals surface area contributed by atoms with Gasteiger partial charge in [0.15, 0.2) is 6.10 Å². The molecule has 0 aromatic rings. The van der Waals surface area contributed by atoms with Crippen molar-refractivity contribution in [1.82, 2.24) is 0 Å². The zero-order chi connectivity index (χ0) is 61.2. The van der Waals surface area contributed by atoms with Gasteiger partial charge in [0.05, 0.1) is 27.7 Å². The predicted octanol–water partition coefficient (Wildman–Crippen LogP) is 20.5. The van der Waals surface area contributed by atoms with Crippen molar-refractivity contribution in [3.8, 4) is 0 Å². The molecule has 0 saturated carbocycles. The molecule has 2 atom stereocenters. The molecule has 0 aromatic carbocycles. The van der Waals surface area contributed by atoms with Gasteiger partial charge in [0.2, 0.25) is 0 Å². The summed E-state index contributed by atoms with van der Waals surface area (Å²) < 4.78 is 34.5. The molecule has 0 heterocycles. The first kappa shape index (κ1) is 78.3. The van der Waals surface area contributed by atoms with E-state index in [2.05, 4.69) is 233 Å². The highest BCUT2D eigenvalue weighted by Gasteiger charge is 2.27. The zero-order valence-corrected chi connectivity index (χ0v) is 53.7. The Morgan fingerprint density at radius 1 is 0.369 bits per heavy atom. The normalized spacial score (nSPS) is 14.7. The highest BCUT2D eigenvalue weighted by atomic mass is 31.2. The van der Waals surface area contributed by atoms with Gasteiger partial charge >= 0.3 is 19.8 Å². The molecule has 84 heavy (non-hydrogen) atoms. The summed E-state index contributed by atoms with van der Waals surface area (Å²) in [5.74, 6) is -0.929. The van der Waals surface area contributed by atoms with Gasteiger partial charge in [-0.2, -0.15) is 0 Å². The second-order valence-corrected chi connectivity index (χ2v) is 22.4. The Labute approximate surface area is 512 Å². The zero-order valence-electron chi connectivity index (χ0n) is 52.8. The minimum atomic E-state index is -4.43. The quantitative estimate of drug-likeness (QED) is 0.0211. The summed E-state index contributed by atoms with van der Waals surface area (Å²) in [6.07, 6.45) is 100. The number of carbonyl (C=O) groups excluding carboxylic acids is 2. The van der Waals surface area contributed by atoms with Gasteiger partial charge in [-0.15, -0.1) is 0 Å². The summed E-state index contributed by atoms with van der Waals surface area (Å²) in [7, 11) is 1.38. The number of unbranched alkanes of at least 4 members (excludes halogenated alkanes) is 4. The van der Waals surface area contributed by atoms with Crippen LogP contribution in [0.25, 0.3) is 0 Å². The summed E-state index contributed by atoms with van der Waals surface area (Å²) in [6, 6.07) is 0. The maximum atomic E-state index is 12.8. The van der Waals surface area contributed by atoms with Gasteiger partial charge in [0.1, 0.15) is 19.8 Å². The Balaban J connectivity index is 4.35. The standard InChI is InChI=1S/C74H112NO8P/c1-6-8-10-12-14-16-18-20-22-24-26-28-30-31-32-33-34-35-36-37-38-39-40-41-42-43-45-47-49-51-53-55-57-59-61-63-65-67-74(77)83-72(71-82-84(78,79)81-69-68-75(3,4)5)70-80-73(76)66-64-62-60-58-56-54-52-50-48-46-44-29-27-25-23-21-19-17-15-13-11-9-7-2/h8-11,14-17,20-23,26-29,31-32,34-35,37-38,40-41,43,45-46,48-49,51-52,54-55,57-58,60,72H,6-7,12-13,18-19,24-25,30,33,36,39,42,44,47,50,53,56,59,61-71H2,1-5H3/p+1/b10-8-,11-9-,16-14-,17-15-,22-20-,23-21-,28-26-,29-27-,32-31-,35-34-,38-37-,41-40-,45-43-,48-46-,51-49-,54-52-,57-55-,60-58-. The lowest BCUT2D eigenvalue weighted by Gasteiger charge is -2.24. The Bertz CT molecular complexity index is 2210. The number of phosphoric ester groups is 1. The number of nitrogens with zero attached hydrogens (tertiary/aromatic N) is 1. The van der Waals surface area contributed by atoms with Crippen LogP contribution >= 0.6 is 7.82 Å². The van der Waals surface area contributed by atoms with Crippen molar-refractivity contribution in [1.29, 1.82) is 0 Å². The highest BCUT2D eigenvalue weighted by molar-refractivity contribution is 7.47. The van der Waals surface area contributed by atoms with Crippen LogP contribution in [0.4, 0.5) is 0 Å². The third-order valence-electron chi connectivity index (χ3n) is 12.0. The summed E-state index contributed by atoms with van der Waals surface area (Å²) in [5, 5.41) is 0. The first-order chi connectivity index (χ1) is 41.0. The number of allylic oxidation sites excluding steroid dienone is 36. The predicted molar refractivity (Wildman–Crippen MR) is 361 cm³/mol. The van der Waals surface area contributed by atoms with Crippen LogP contribution in [0.15, 0.2) is 219 Å². The topological polar surface area (TPSA) is 108 Å². The molecule has 0 spiro atoms. The summed E-state index contributed by atoms with van der Waals surface area (Å²) in [5.41, 5.74) is 0. The van der Waals surface area contributed by atoms with Gasteiger partial charge in [-0.1, -0.05) is 239 Å². The minimum Gasteiger partial charge on any atom is -0.462 e. The second-order valence-electron chi connectivity index (χ2n) is 21.0. The van der Waals surface area contributed by atoms with Crippen molar-refractivity contribution in [2.75, 3.05) is 47.5 Å². The molecule has 0 radical (unpaired) electrons. The second kappa shape index (κ2) is 61.9. The van der Waals surface area contributed by atoms with E-state index in [1.807, 2.05) is 21.1 Å². The van der Waals surface area contributed by atoms with Crippen molar-refractivity contribution < 1.29 is 42.1 Å². The van der Waals surface area contributed by atoms with Crippen LogP contribution in [0, 0.1) is 0 Å². The Hall–Kier alpha value is -5.67. The van der Waals surface area contributed by atoms with Gasteiger partial charge in [-0.05, 0) is 148 Å². The average molecular weight is 1180 g/mol. The monoisotopic (exact) mass is 1170 g/mol. The van der Waals surface area contributed by atoms with Crippen molar-refractivity contribution in [2.45, 2.75) is 187 Å². The molecule has 9 nitrogen and oxygen atoms in total. The fourth-order valence-corrected chi connectivity index (χ4v) is 7.98. The molecule has 0 fully saturated rings. The maximum Gasteiger partial charge on any atom is 0.472 e. The third kappa shape index (κ3) is 65.5. The Morgan fingerprint density at radius 3 is 0.964 bits per heavy atom. The van der Waals surface area contributed by atoms with E-state index in [1.165, 1.54) is 0 Å². The van der Waals surface area contributed by atoms with Crippen LogP contribution < -0.4 is 0 Å². The van der Waals surface area contributed by atoms with E-state index in [4.69, 9.17) is 18.5 Å². The van der Waals surface area contributed by atoms with Crippen LogP contribution in [0.1, 0.15) is 181 Å². The van der Waals surface area contributed by atoms with E-state index in [9.17, 15) is 19.0 Å². The number of rotatable bonds is 54. The molecule has 466 valence electrons. The van der Waals surface area contributed by atoms with E-state index >= 15 is 0 Å². The number of phosphoric acid groups is 1. The SMILES string of the molecule is CC/C=C\C/C=C\C/C=C\C/C=C\C/C=C\C/C=C\C/C=C\C/C=C\C/C=C\C/C=C\C/C=C\CCCCCC(=O)OC(COC(=O)CCC/C=C\C/C=C\C/C=C\C/C=C\C/C=C\C/C=C\C/C=C\CC)COP(=O)(O)OCC[N+](C)(C)C. The maximum absolute atomic E-state index is 12.8. The lowest BCUT2D eigenvalue weighted by Crippen LogP contribution is -2.37. The molecule has 10 heteroatoms. The molecule has 1 N–H and O–H groups in total. The van der Waals surface area contributed by atoms with E-state index < -0.39 is 32.5 Å². The molecule has 0 aliphatic heterocycles. The Morgan fingerprint density at radius 2 is 0.655 bits per heavy atom. The van der Waals surface area contributed by atoms with Gasteiger partial charge in [0.25, 0.3) is 0 Å². The van der Waals surface area contributed by atoms with E-state index in [-0.39, 0.29) is 26.1 Å². The fraction of sp³-hybridized carbons (Fsp3) is 0.486. The van der Waals surface area contributed by atoms with E-state index in [0.29, 0.717) is 30.3 Å². The number of hydrogen-bond acceptors (Lipinski definition) is 7. The molecular formula is C74H113NO8P+. The van der Waals surface area contributed by atoms with Crippen molar-refractivity contribution in [3.05, 3.63) is 219 Å². The number of quaternary nitrogens is 1. The molecule has 0 aliphatic rings. The van der Waals surface area contributed by atoms with Gasteiger partial charge in [-0.3, -0.25) is 18.6 Å². The molecule has 0 aliphatic carbocycles. The van der Waals surface area contributed by atoms with Crippen LogP contribution in [-0.4, -0.2) is 74.9 Å². The minimum absolute atomic E-state index is 0.00184. The molecule has 0 amide bonds. The molecule has 0 rings (SSSR count). The molecular weight excluding hydrogens is 1060 g/mol. The number of esters is 2. The van der Waals surface area contributed by atoms with Gasteiger partial charge in [0, 0.05) is 12.8 Å². The number of carbonyl (C=O) groups is 2. The van der Waals surface area contributed by atoms with Crippen LogP contribution in [0.3, 0.4) is 0 Å². The van der Waals surface area contributed by atoms with Crippen molar-refractivity contribution in [2.24, 2.45) is 0 Å². The smallest absolute Gasteiger partial charge is 0.462 e. The average Bonchev–Trinajstić information content (AvgIpc) is 3.61. The van der Waals surface area contributed by atoms with Gasteiger partial charge < -0.3 is 18.9 Å². The number of likely N-dealkylation sites (N-methyl/N-ethyl adjacent to an activating group) is 1. The summed E-state index contributed by atoms with van der Waals surface area (Å²) >= 11 is 0. The first-order valence-electron chi connectivity index (χ1n) is 31.5. The number of hydrogen-bond donors (Lipinski definition) is 1. The van der Waals surface area contributed by atoms with Crippen LogP contribution in [0.5, 0.6) is 0 Å². The van der Waals surface area contributed by atoms with E-state index in [1.54, 1.807) is 0 Å². The van der Waals surface area contributed by atoms with Crippen LogP contribution in [-0.2, 0) is 32.7 Å². The molecule has 0 aromatic heterocycles. The van der Waals surface area contributed by atoms with Gasteiger partial charge in [-0.25, -0.2) is 4.57 Å². The molecule has 2 unspecified atom stereocenters. The third-order valence-corrected chi connectivity index (χ3v) is 13.0. The molecule has 0 saturated heterocycles. The summed E-state index contributed by atoms with van der Waals surface area (Å²) in [6.45, 7) is 4.05. The fourth-order valence-electron chi connectivity index (χ4n) is 7.24. The summed E-state index contributed by atoms with van der Waals surface area (Å²) in [4.78, 5) is 35.7. The van der Waals surface area contributed by atoms with Crippen molar-refractivity contribution in [3.63, 3.8) is 0 Å². The lowest BCUT2D eigenvalue weighted by atomic mass is 10.1. The van der Waals surface area contributed by atoms with Crippen molar-refractivity contribution >= 4 is 19.8 Å². The first-order valence-corrected chi connectivity index (χ1v) is 33.0. The lowest BCUT2D eigenvalue weighted by molar-refractivity contribution is -0.870. The Kier molecular flexibility index (Phi) is 57.7. The number of ether oxygens (including phenoxy) is 2. The van der Waals surface area contributed by atoms with Crippen LogP contribution in [0.2, 0.25) is 0 Å². The largest absolute Gasteiger partial charge is 0.472 e. The molecule has 0 bridgehead atoms. The highest BCUT2D eigenvalue weighted by Crippen LogP contribution is 2.43.